The first kappa shape index (κ1) is 17.2. The molecule has 24 heavy (non-hydrogen) atoms. The third-order valence-electron chi connectivity index (χ3n) is 3.55. The van der Waals surface area contributed by atoms with Crippen molar-refractivity contribution in [1.82, 2.24) is 14.8 Å². The van der Waals surface area contributed by atoms with Crippen molar-refractivity contribution in [3.05, 3.63) is 27.0 Å². The summed E-state index contributed by atoms with van der Waals surface area (Å²) in [6.07, 6.45) is -1.31. The van der Waals surface area contributed by atoms with Crippen LogP contribution < -0.4 is 11.2 Å². The zero-order valence-corrected chi connectivity index (χ0v) is 14.0. The summed E-state index contributed by atoms with van der Waals surface area (Å²) in [6, 6.07) is 0. The van der Waals surface area contributed by atoms with Gasteiger partial charge < -0.3 is 14.2 Å². The van der Waals surface area contributed by atoms with E-state index in [0.717, 1.165) is 17.1 Å². The lowest BCUT2D eigenvalue weighted by Crippen LogP contribution is -2.39. The van der Waals surface area contributed by atoms with E-state index in [1.165, 1.54) is 0 Å². The van der Waals surface area contributed by atoms with E-state index in [2.05, 4.69) is 10.1 Å². The molecule has 0 aromatic carbocycles. The van der Waals surface area contributed by atoms with Gasteiger partial charge in [0.1, 0.15) is 24.5 Å². The van der Waals surface area contributed by atoms with Gasteiger partial charge in [0.2, 0.25) is 0 Å². The van der Waals surface area contributed by atoms with Crippen LogP contribution in [0.3, 0.4) is 0 Å². The van der Waals surface area contributed by atoms with Crippen molar-refractivity contribution in [2.45, 2.75) is 44.2 Å². The Bertz CT molecular complexity index is 844. The Morgan fingerprint density at radius 1 is 1.33 bits per heavy atom. The van der Waals surface area contributed by atoms with E-state index in [1.807, 2.05) is 0 Å². The van der Waals surface area contributed by atoms with Crippen LogP contribution in [0, 0.1) is 0 Å². The second kappa shape index (κ2) is 5.74. The molecule has 0 saturated carbocycles. The smallest absolute Gasteiger partial charge is 0.345 e. The predicted octanol–water partition coefficient (Wildman–Crippen LogP) is -1.67. The number of nitrogens with zero attached hydrogens (tertiary/aromatic N) is 2. The minimum atomic E-state index is -3.67. The van der Waals surface area contributed by atoms with Crippen molar-refractivity contribution < 1.29 is 26.8 Å². The minimum Gasteiger partial charge on any atom is -0.345 e. The third-order valence-corrected chi connectivity index (χ3v) is 4.11. The number of H-pyrrole nitrogens is 1. The monoisotopic (exact) mass is 363 g/mol. The van der Waals surface area contributed by atoms with Crippen molar-refractivity contribution in [2.75, 3.05) is 12.9 Å². The fourth-order valence-corrected chi connectivity index (χ4v) is 3.11. The van der Waals surface area contributed by atoms with Gasteiger partial charge in [0.25, 0.3) is 15.7 Å². The average molecular weight is 363 g/mol. The lowest BCUT2D eigenvalue weighted by molar-refractivity contribution is -0.201. The molecule has 0 amide bonds. The van der Waals surface area contributed by atoms with Gasteiger partial charge in [0.15, 0.2) is 12.0 Å². The molecule has 2 aliphatic heterocycles. The number of hydrogen-bond donors (Lipinski definition) is 1. The normalized spacial score (nSPS) is 32.0. The summed E-state index contributed by atoms with van der Waals surface area (Å²) in [4.78, 5) is 25.2. The van der Waals surface area contributed by atoms with Gasteiger partial charge in [-0.25, -0.2) is 4.79 Å². The summed E-state index contributed by atoms with van der Waals surface area (Å²) < 4.78 is 45.2. The van der Waals surface area contributed by atoms with Gasteiger partial charge in [0, 0.05) is 0 Å². The minimum absolute atomic E-state index is 0.298. The third kappa shape index (κ3) is 3.42. The molecule has 11 nitrogen and oxygen atoms in total. The highest BCUT2D eigenvalue weighted by Crippen LogP contribution is 2.42. The van der Waals surface area contributed by atoms with Crippen molar-refractivity contribution in [2.24, 2.45) is 0 Å². The lowest BCUT2D eigenvalue weighted by atomic mass is 10.1. The summed E-state index contributed by atoms with van der Waals surface area (Å²) in [5.74, 6) is -0.952. The molecule has 12 heteroatoms. The topological polar surface area (TPSA) is 139 Å². The van der Waals surface area contributed by atoms with Gasteiger partial charge in [-0.2, -0.15) is 18.2 Å². The van der Waals surface area contributed by atoms with E-state index < -0.39 is 51.7 Å². The van der Waals surface area contributed by atoms with E-state index in [1.54, 1.807) is 13.8 Å². The van der Waals surface area contributed by atoms with Gasteiger partial charge in [-0.15, -0.1) is 0 Å². The van der Waals surface area contributed by atoms with E-state index in [4.69, 9.17) is 18.4 Å². The molecule has 2 saturated heterocycles. The van der Waals surface area contributed by atoms with Gasteiger partial charge in [-0.05, 0) is 13.8 Å². The Hall–Kier alpha value is -1.60. The van der Waals surface area contributed by atoms with Gasteiger partial charge >= 0.3 is 5.69 Å². The molecular formula is C12H17N3O8S. The Morgan fingerprint density at radius 2 is 2.00 bits per heavy atom. The number of nitrogens with one attached hydrogen (secondary N) is 1. The van der Waals surface area contributed by atoms with Crippen LogP contribution in [0.1, 0.15) is 20.1 Å². The standard InChI is InChI=1S/C12H17N3O8S/c1-12(2)22-8-6(5-20-24(3,18)19)21-10(9(8)23-12)15-11(17)14-7(16)4-13-15/h4,6,8-10H,5H2,1-3H3,(H,14,16,17)/t6-,8+,9+,10-/m0/s1. The largest absolute Gasteiger partial charge is 0.347 e. The zero-order valence-electron chi connectivity index (χ0n) is 13.2. The molecule has 1 aromatic heterocycles. The quantitative estimate of drug-likeness (QED) is 0.622. The second-order valence-electron chi connectivity index (χ2n) is 6.00. The summed E-state index contributed by atoms with van der Waals surface area (Å²) in [5, 5.41) is 3.75. The van der Waals surface area contributed by atoms with Crippen LogP contribution in [-0.4, -0.2) is 60.1 Å². The first-order chi connectivity index (χ1) is 11.1. The highest BCUT2D eigenvalue weighted by molar-refractivity contribution is 7.85. The highest BCUT2D eigenvalue weighted by atomic mass is 32.2. The Labute approximate surface area is 136 Å². The highest BCUT2D eigenvalue weighted by Gasteiger charge is 2.56. The van der Waals surface area contributed by atoms with Crippen molar-refractivity contribution in [1.29, 1.82) is 0 Å². The average Bonchev–Trinajstić information content (AvgIpc) is 2.90. The van der Waals surface area contributed by atoms with Crippen molar-refractivity contribution >= 4 is 10.1 Å². The number of fused-ring (bicyclic) bond motifs is 1. The molecule has 1 aromatic rings. The molecule has 0 aliphatic carbocycles. The van der Waals surface area contributed by atoms with Gasteiger partial charge in [-0.1, -0.05) is 0 Å². The van der Waals surface area contributed by atoms with Crippen LogP contribution in [-0.2, 0) is 28.5 Å². The Kier molecular flexibility index (Phi) is 4.12. The summed E-state index contributed by atoms with van der Waals surface area (Å²) in [5.41, 5.74) is -1.42. The van der Waals surface area contributed by atoms with E-state index in [9.17, 15) is 18.0 Å². The van der Waals surface area contributed by atoms with E-state index in [0.29, 0.717) is 0 Å². The fraction of sp³-hybridized carbons (Fsp3) is 0.750. The maximum Gasteiger partial charge on any atom is 0.347 e. The number of ether oxygens (including phenoxy) is 3. The van der Waals surface area contributed by atoms with Gasteiger partial charge in [0.05, 0.1) is 12.9 Å². The van der Waals surface area contributed by atoms with Crippen molar-refractivity contribution in [3.8, 4) is 0 Å². The first-order valence-electron chi connectivity index (χ1n) is 7.09. The Morgan fingerprint density at radius 3 is 2.62 bits per heavy atom. The zero-order chi connectivity index (χ0) is 17.7. The van der Waals surface area contributed by atoms with E-state index in [-0.39, 0.29) is 6.61 Å². The van der Waals surface area contributed by atoms with Crippen LogP contribution >= 0.6 is 0 Å². The number of aromatic nitrogens is 3. The molecule has 2 fully saturated rings. The number of aromatic amines is 1. The maximum absolute atomic E-state index is 11.9. The molecule has 2 aliphatic rings. The molecule has 4 atom stereocenters. The summed E-state index contributed by atoms with van der Waals surface area (Å²) in [7, 11) is -3.67. The molecule has 3 rings (SSSR count). The van der Waals surface area contributed by atoms with Crippen LogP contribution in [0.5, 0.6) is 0 Å². The first-order valence-corrected chi connectivity index (χ1v) is 8.91. The van der Waals surface area contributed by atoms with Crippen LogP contribution in [0.2, 0.25) is 0 Å². The predicted molar refractivity (Wildman–Crippen MR) is 77.6 cm³/mol. The SMILES string of the molecule is CC1(C)O[C@@H]2[C@H](O1)[C@H](COS(C)(=O)=O)O[C@@H]2n1ncc(=O)[nH]c1=O. The molecule has 0 unspecified atom stereocenters. The molecule has 0 bridgehead atoms. The number of rotatable bonds is 4. The molecular weight excluding hydrogens is 346 g/mol. The summed E-state index contributed by atoms with van der Waals surface area (Å²) in [6.45, 7) is 3.06. The fourth-order valence-electron chi connectivity index (χ4n) is 2.72. The molecule has 134 valence electrons. The van der Waals surface area contributed by atoms with Gasteiger partial charge in [-0.3, -0.25) is 14.0 Å². The summed E-state index contributed by atoms with van der Waals surface area (Å²) >= 11 is 0. The van der Waals surface area contributed by atoms with Crippen molar-refractivity contribution in [3.63, 3.8) is 0 Å². The second-order valence-corrected chi connectivity index (χ2v) is 7.65. The number of hydrogen-bond acceptors (Lipinski definition) is 9. The molecule has 1 N–H and O–H groups in total. The van der Waals surface area contributed by atoms with E-state index >= 15 is 0 Å². The lowest BCUT2D eigenvalue weighted by Gasteiger charge is -2.24. The molecule has 0 spiro atoms. The van der Waals surface area contributed by atoms with Crippen LogP contribution in [0.15, 0.2) is 15.8 Å². The van der Waals surface area contributed by atoms with Crippen LogP contribution in [0.25, 0.3) is 0 Å². The molecule has 3 heterocycles. The Balaban J connectivity index is 1.90. The van der Waals surface area contributed by atoms with Crippen LogP contribution in [0.4, 0.5) is 0 Å². The maximum atomic E-state index is 11.9. The molecule has 0 radical (unpaired) electrons.